The fraction of sp³-hybridized carbons (Fsp3) is 0.400. The van der Waals surface area contributed by atoms with E-state index in [2.05, 4.69) is 0 Å². The third kappa shape index (κ3) is 2.93. The molecule has 0 saturated heterocycles. The minimum atomic E-state index is -4.72. The van der Waals surface area contributed by atoms with Crippen LogP contribution < -0.4 is 5.73 Å². The van der Waals surface area contributed by atoms with Gasteiger partial charge in [0.1, 0.15) is 5.82 Å². The van der Waals surface area contributed by atoms with Crippen LogP contribution in [0.4, 0.5) is 17.6 Å². The van der Waals surface area contributed by atoms with Crippen molar-refractivity contribution in [3.63, 3.8) is 0 Å². The van der Waals surface area contributed by atoms with E-state index in [1.807, 2.05) is 0 Å². The molecule has 1 aromatic carbocycles. The molecular weight excluding hydrogens is 226 g/mol. The number of halogens is 4. The molecule has 0 fully saturated rings. The summed E-state index contributed by atoms with van der Waals surface area (Å²) in [5.41, 5.74) is 4.43. The summed E-state index contributed by atoms with van der Waals surface area (Å²) in [5.74, 6) is -1.30. The smallest absolute Gasteiger partial charge is 0.383 e. The van der Waals surface area contributed by atoms with Gasteiger partial charge in [0, 0.05) is 7.11 Å². The van der Waals surface area contributed by atoms with Crippen LogP contribution in [0.25, 0.3) is 0 Å². The highest BCUT2D eigenvalue weighted by Gasteiger charge is 2.34. The van der Waals surface area contributed by atoms with Crippen molar-refractivity contribution in [3.05, 3.63) is 35.1 Å². The van der Waals surface area contributed by atoms with E-state index in [0.29, 0.717) is 6.07 Å². The molecule has 90 valence electrons. The van der Waals surface area contributed by atoms with Crippen molar-refractivity contribution in [2.45, 2.75) is 12.2 Å². The number of benzene rings is 1. The number of rotatable bonds is 3. The topological polar surface area (TPSA) is 35.2 Å². The first kappa shape index (κ1) is 12.9. The van der Waals surface area contributed by atoms with E-state index in [0.717, 1.165) is 6.07 Å². The second-order valence-electron chi connectivity index (χ2n) is 3.30. The van der Waals surface area contributed by atoms with Gasteiger partial charge in [-0.1, -0.05) is 6.07 Å². The van der Waals surface area contributed by atoms with Crippen molar-refractivity contribution >= 4 is 0 Å². The standard InChI is InChI=1S/C10H11F4NO/c1-16-5-9(15)6-2-3-8(11)7(4-6)10(12,13)14/h2-4,9H,5,15H2,1H3/t9-/m0/s1. The molecule has 0 saturated carbocycles. The van der Waals surface area contributed by atoms with Crippen molar-refractivity contribution in [2.75, 3.05) is 13.7 Å². The zero-order valence-corrected chi connectivity index (χ0v) is 8.51. The zero-order chi connectivity index (χ0) is 12.3. The second kappa shape index (κ2) is 4.80. The summed E-state index contributed by atoms with van der Waals surface area (Å²) in [6.45, 7) is 0.0724. The van der Waals surface area contributed by atoms with E-state index >= 15 is 0 Å². The lowest BCUT2D eigenvalue weighted by atomic mass is 10.0. The molecule has 0 aliphatic rings. The third-order valence-electron chi connectivity index (χ3n) is 2.07. The lowest BCUT2D eigenvalue weighted by molar-refractivity contribution is -0.140. The van der Waals surface area contributed by atoms with Crippen LogP contribution in [0.5, 0.6) is 0 Å². The summed E-state index contributed by atoms with van der Waals surface area (Å²) < 4.78 is 54.7. The van der Waals surface area contributed by atoms with E-state index in [1.165, 1.54) is 13.2 Å². The highest BCUT2D eigenvalue weighted by Crippen LogP contribution is 2.32. The summed E-state index contributed by atoms with van der Waals surface area (Å²) in [6.07, 6.45) is -4.72. The van der Waals surface area contributed by atoms with E-state index in [-0.39, 0.29) is 12.2 Å². The maximum atomic E-state index is 12.9. The van der Waals surface area contributed by atoms with Gasteiger partial charge in [0.2, 0.25) is 0 Å². The van der Waals surface area contributed by atoms with E-state index < -0.39 is 23.6 Å². The van der Waals surface area contributed by atoms with Gasteiger partial charge in [-0.3, -0.25) is 0 Å². The first-order valence-electron chi connectivity index (χ1n) is 4.47. The molecule has 2 nitrogen and oxygen atoms in total. The van der Waals surface area contributed by atoms with Gasteiger partial charge in [0.15, 0.2) is 0 Å². The number of ether oxygens (including phenoxy) is 1. The fourth-order valence-electron chi connectivity index (χ4n) is 1.27. The number of hydrogen-bond donors (Lipinski definition) is 1. The van der Waals surface area contributed by atoms with Gasteiger partial charge in [-0.2, -0.15) is 13.2 Å². The molecule has 0 aromatic heterocycles. The maximum Gasteiger partial charge on any atom is 0.419 e. The van der Waals surface area contributed by atoms with Gasteiger partial charge in [-0.05, 0) is 17.7 Å². The monoisotopic (exact) mass is 237 g/mol. The van der Waals surface area contributed by atoms with Crippen molar-refractivity contribution in [2.24, 2.45) is 5.73 Å². The van der Waals surface area contributed by atoms with Crippen molar-refractivity contribution < 1.29 is 22.3 Å². The van der Waals surface area contributed by atoms with Crippen LogP contribution in [0, 0.1) is 5.82 Å². The van der Waals surface area contributed by atoms with Crippen molar-refractivity contribution in [1.82, 2.24) is 0 Å². The fourth-order valence-corrected chi connectivity index (χ4v) is 1.27. The Hall–Kier alpha value is -1.14. The molecule has 0 spiro atoms. The van der Waals surface area contributed by atoms with Crippen molar-refractivity contribution in [1.29, 1.82) is 0 Å². The quantitative estimate of drug-likeness (QED) is 0.820. The molecule has 0 aliphatic heterocycles. The highest BCUT2D eigenvalue weighted by molar-refractivity contribution is 5.29. The molecule has 0 unspecified atom stereocenters. The predicted octanol–water partition coefficient (Wildman–Crippen LogP) is 2.49. The zero-order valence-electron chi connectivity index (χ0n) is 8.51. The predicted molar refractivity (Wildman–Crippen MR) is 50.2 cm³/mol. The number of nitrogens with two attached hydrogens (primary N) is 1. The highest BCUT2D eigenvalue weighted by atomic mass is 19.4. The Labute approximate surface area is 90.0 Å². The minimum absolute atomic E-state index is 0.0724. The van der Waals surface area contributed by atoms with Crippen LogP contribution in [0.1, 0.15) is 17.2 Å². The van der Waals surface area contributed by atoms with E-state index in [4.69, 9.17) is 10.5 Å². The average molecular weight is 237 g/mol. The molecule has 0 amide bonds. The first-order valence-corrected chi connectivity index (χ1v) is 4.47. The number of methoxy groups -OCH3 is 1. The summed E-state index contributed by atoms with van der Waals surface area (Å²) >= 11 is 0. The van der Waals surface area contributed by atoms with Crippen LogP contribution in [0.15, 0.2) is 18.2 Å². The van der Waals surface area contributed by atoms with E-state index in [1.54, 1.807) is 0 Å². The first-order chi connectivity index (χ1) is 7.36. The largest absolute Gasteiger partial charge is 0.419 e. The van der Waals surface area contributed by atoms with Crippen LogP contribution in [-0.4, -0.2) is 13.7 Å². The molecule has 6 heteroatoms. The van der Waals surface area contributed by atoms with Gasteiger partial charge in [-0.15, -0.1) is 0 Å². The average Bonchev–Trinajstić information content (AvgIpc) is 2.16. The summed E-state index contributed by atoms with van der Waals surface area (Å²) in [5, 5.41) is 0. The van der Waals surface area contributed by atoms with Gasteiger partial charge in [0.25, 0.3) is 0 Å². The van der Waals surface area contributed by atoms with Crippen molar-refractivity contribution in [3.8, 4) is 0 Å². The molecule has 0 radical (unpaired) electrons. The molecule has 0 bridgehead atoms. The summed E-state index contributed by atoms with van der Waals surface area (Å²) in [4.78, 5) is 0. The third-order valence-corrected chi connectivity index (χ3v) is 2.07. The van der Waals surface area contributed by atoms with Crippen LogP contribution in [0.2, 0.25) is 0 Å². The Morgan fingerprint density at radius 3 is 2.50 bits per heavy atom. The van der Waals surface area contributed by atoms with Gasteiger partial charge >= 0.3 is 6.18 Å². The molecule has 0 heterocycles. The van der Waals surface area contributed by atoms with E-state index in [9.17, 15) is 17.6 Å². The molecular formula is C10H11F4NO. The maximum absolute atomic E-state index is 12.9. The van der Waals surface area contributed by atoms with Crippen LogP contribution >= 0.6 is 0 Å². The lowest BCUT2D eigenvalue weighted by Gasteiger charge is -2.14. The molecule has 1 aromatic rings. The number of hydrogen-bond acceptors (Lipinski definition) is 2. The Morgan fingerprint density at radius 1 is 1.38 bits per heavy atom. The minimum Gasteiger partial charge on any atom is -0.383 e. The van der Waals surface area contributed by atoms with Gasteiger partial charge < -0.3 is 10.5 Å². The molecule has 16 heavy (non-hydrogen) atoms. The molecule has 0 aliphatic carbocycles. The summed E-state index contributed by atoms with van der Waals surface area (Å²) in [6, 6.07) is 1.98. The lowest BCUT2D eigenvalue weighted by Crippen LogP contribution is -2.18. The Kier molecular flexibility index (Phi) is 3.88. The van der Waals surface area contributed by atoms with Gasteiger partial charge in [0.05, 0.1) is 18.2 Å². The second-order valence-corrected chi connectivity index (χ2v) is 3.30. The Morgan fingerprint density at radius 2 is 2.00 bits per heavy atom. The SMILES string of the molecule is COC[C@H](N)c1ccc(F)c(C(F)(F)F)c1. The van der Waals surface area contributed by atoms with Crippen LogP contribution in [0.3, 0.4) is 0 Å². The normalized spacial score (nSPS) is 13.9. The molecule has 1 rings (SSSR count). The molecule has 1 atom stereocenters. The van der Waals surface area contributed by atoms with Crippen LogP contribution in [-0.2, 0) is 10.9 Å². The molecule has 2 N–H and O–H groups in total. The number of alkyl halides is 3. The Balaban J connectivity index is 3.07. The van der Waals surface area contributed by atoms with Gasteiger partial charge in [-0.25, -0.2) is 4.39 Å². The Bertz CT molecular complexity index is 364. The summed E-state index contributed by atoms with van der Waals surface area (Å²) in [7, 11) is 1.38.